The van der Waals surface area contributed by atoms with E-state index in [1.165, 1.54) is 6.20 Å². The van der Waals surface area contributed by atoms with Crippen LogP contribution in [-0.2, 0) is 9.47 Å². The molecule has 0 unspecified atom stereocenters. The van der Waals surface area contributed by atoms with E-state index in [4.69, 9.17) is 26.8 Å². The van der Waals surface area contributed by atoms with E-state index in [1.807, 2.05) is 0 Å². The Kier molecular flexibility index (Phi) is 10.1. The number of hydrogen-bond donors (Lipinski definition) is 3. The first kappa shape index (κ1) is 22.8. The van der Waals surface area contributed by atoms with Crippen LogP contribution in [-0.4, -0.2) is 54.4 Å². The number of anilines is 3. The molecular weight excluding hydrogens is 400 g/mol. The molecule has 0 atom stereocenters. The highest BCUT2D eigenvalue weighted by Crippen LogP contribution is 2.24. The van der Waals surface area contributed by atoms with Crippen molar-refractivity contribution in [3.05, 3.63) is 45.6 Å². The van der Waals surface area contributed by atoms with E-state index in [1.54, 1.807) is 24.3 Å². The quantitative estimate of drug-likeness (QED) is 0.237. The molecule has 10 nitrogen and oxygen atoms in total. The molecule has 0 aliphatic heterocycles. The summed E-state index contributed by atoms with van der Waals surface area (Å²) in [5.74, 6) is 0.387. The summed E-state index contributed by atoms with van der Waals surface area (Å²) in [6.45, 7) is 3.22. The molecule has 0 spiro atoms. The summed E-state index contributed by atoms with van der Waals surface area (Å²) in [5.41, 5.74) is 5.90. The molecule has 0 saturated heterocycles. The fourth-order valence-corrected chi connectivity index (χ4v) is 2.38. The number of nitro groups is 1. The molecule has 0 aliphatic rings. The molecule has 4 N–H and O–H groups in total. The van der Waals surface area contributed by atoms with Gasteiger partial charge in [-0.15, -0.1) is 0 Å². The summed E-state index contributed by atoms with van der Waals surface area (Å²) < 4.78 is 10.8. The molecule has 0 aliphatic carbocycles. The molecular formula is C18H25ClN6O4. The lowest BCUT2D eigenvalue weighted by atomic mass is 10.3. The van der Waals surface area contributed by atoms with Crippen LogP contribution in [0.1, 0.15) is 12.8 Å². The Morgan fingerprint density at radius 2 is 1.79 bits per heavy atom. The van der Waals surface area contributed by atoms with Crippen LogP contribution in [0.25, 0.3) is 0 Å². The molecule has 29 heavy (non-hydrogen) atoms. The largest absolute Gasteiger partial charge is 0.379 e. The van der Waals surface area contributed by atoms with Gasteiger partial charge in [0.05, 0.1) is 18.1 Å². The lowest BCUT2D eigenvalue weighted by Gasteiger charge is -2.09. The van der Waals surface area contributed by atoms with Gasteiger partial charge >= 0.3 is 5.69 Å². The Balaban J connectivity index is 1.80. The van der Waals surface area contributed by atoms with Crippen LogP contribution < -0.4 is 16.4 Å². The Hall–Kier alpha value is -2.53. The first-order valence-electron chi connectivity index (χ1n) is 9.23. The van der Waals surface area contributed by atoms with E-state index in [0.29, 0.717) is 51.0 Å². The van der Waals surface area contributed by atoms with Gasteiger partial charge in [-0.25, -0.2) is 4.98 Å². The lowest BCUT2D eigenvalue weighted by molar-refractivity contribution is -0.384. The molecule has 0 bridgehead atoms. The predicted octanol–water partition coefficient (Wildman–Crippen LogP) is 2.97. The minimum absolute atomic E-state index is 0.145. The van der Waals surface area contributed by atoms with E-state index in [9.17, 15) is 10.1 Å². The Labute approximate surface area is 173 Å². The summed E-state index contributed by atoms with van der Waals surface area (Å²) in [7, 11) is 0. The first-order valence-corrected chi connectivity index (χ1v) is 9.61. The van der Waals surface area contributed by atoms with Gasteiger partial charge in [-0.1, -0.05) is 11.6 Å². The summed E-state index contributed by atoms with van der Waals surface area (Å²) in [6.07, 6.45) is 2.66. The maximum absolute atomic E-state index is 11.2. The zero-order valence-electron chi connectivity index (χ0n) is 16.0. The van der Waals surface area contributed by atoms with Crippen molar-refractivity contribution in [3.63, 3.8) is 0 Å². The van der Waals surface area contributed by atoms with E-state index in [2.05, 4.69) is 20.6 Å². The molecule has 2 aromatic rings. The van der Waals surface area contributed by atoms with Gasteiger partial charge in [0.2, 0.25) is 11.8 Å². The van der Waals surface area contributed by atoms with E-state index in [0.717, 1.165) is 12.1 Å². The van der Waals surface area contributed by atoms with Crippen LogP contribution in [0.3, 0.4) is 0 Å². The van der Waals surface area contributed by atoms with Gasteiger partial charge in [-0.3, -0.25) is 10.1 Å². The number of ether oxygens (including phenoxy) is 2. The standard InChI is InChI=1S/C18H25ClN6O4/c19-14-3-5-15(6-4-14)23-18-22-13-16(25(26)27)17(24-18)21-8-2-10-29-12-11-28-9-1-7-20/h3-6,13H,1-2,7-12,20H2,(H2,21,22,23,24). The smallest absolute Gasteiger partial charge is 0.329 e. The summed E-state index contributed by atoms with van der Waals surface area (Å²) in [4.78, 5) is 18.9. The van der Waals surface area contributed by atoms with E-state index in [-0.39, 0.29) is 17.5 Å². The number of halogens is 1. The summed E-state index contributed by atoms with van der Waals surface area (Å²) in [6, 6.07) is 6.96. The van der Waals surface area contributed by atoms with Crippen LogP contribution in [0, 0.1) is 10.1 Å². The average molecular weight is 425 g/mol. The van der Waals surface area contributed by atoms with Crippen molar-refractivity contribution in [3.8, 4) is 0 Å². The van der Waals surface area contributed by atoms with Gasteiger partial charge < -0.3 is 25.8 Å². The number of benzene rings is 1. The second-order valence-electron chi connectivity index (χ2n) is 5.96. The highest BCUT2D eigenvalue weighted by molar-refractivity contribution is 6.30. The number of hydrogen-bond acceptors (Lipinski definition) is 9. The third-order valence-corrected chi connectivity index (χ3v) is 3.94. The number of nitrogens with zero attached hydrogens (tertiary/aromatic N) is 3. The number of nitrogens with two attached hydrogens (primary N) is 1. The number of nitrogens with one attached hydrogen (secondary N) is 2. The molecule has 158 valence electrons. The van der Waals surface area contributed by atoms with Crippen LogP contribution in [0.4, 0.5) is 23.1 Å². The average Bonchev–Trinajstić information content (AvgIpc) is 2.71. The third-order valence-electron chi connectivity index (χ3n) is 3.69. The monoisotopic (exact) mass is 424 g/mol. The molecule has 1 aromatic carbocycles. The van der Waals surface area contributed by atoms with Crippen molar-refractivity contribution in [1.82, 2.24) is 9.97 Å². The van der Waals surface area contributed by atoms with E-state index >= 15 is 0 Å². The van der Waals surface area contributed by atoms with Crippen LogP contribution >= 0.6 is 11.6 Å². The first-order chi connectivity index (χ1) is 14.1. The van der Waals surface area contributed by atoms with Gasteiger partial charge in [-0.2, -0.15) is 4.98 Å². The van der Waals surface area contributed by atoms with Crippen molar-refractivity contribution in [2.24, 2.45) is 5.73 Å². The molecule has 1 aromatic heterocycles. The maximum atomic E-state index is 11.2. The number of rotatable bonds is 14. The zero-order valence-corrected chi connectivity index (χ0v) is 16.7. The van der Waals surface area contributed by atoms with Gasteiger partial charge in [0.25, 0.3) is 0 Å². The maximum Gasteiger partial charge on any atom is 0.329 e. The second-order valence-corrected chi connectivity index (χ2v) is 6.40. The molecule has 0 amide bonds. The lowest BCUT2D eigenvalue weighted by Crippen LogP contribution is -2.12. The summed E-state index contributed by atoms with van der Waals surface area (Å²) >= 11 is 5.86. The summed E-state index contributed by atoms with van der Waals surface area (Å²) in [5, 5.41) is 17.8. The highest BCUT2D eigenvalue weighted by Gasteiger charge is 2.17. The molecule has 0 saturated carbocycles. The van der Waals surface area contributed by atoms with Crippen molar-refractivity contribution in [2.45, 2.75) is 12.8 Å². The minimum atomic E-state index is -0.524. The van der Waals surface area contributed by atoms with Gasteiger partial charge in [0.1, 0.15) is 6.20 Å². The second kappa shape index (κ2) is 12.8. The van der Waals surface area contributed by atoms with Gasteiger partial charge in [0, 0.05) is 30.5 Å². The zero-order chi connectivity index (χ0) is 20.9. The van der Waals surface area contributed by atoms with Crippen LogP contribution in [0.15, 0.2) is 30.5 Å². The Morgan fingerprint density at radius 1 is 1.10 bits per heavy atom. The van der Waals surface area contributed by atoms with E-state index < -0.39 is 4.92 Å². The Bertz CT molecular complexity index is 763. The molecule has 2 rings (SSSR count). The topological polar surface area (TPSA) is 137 Å². The predicted molar refractivity (Wildman–Crippen MR) is 112 cm³/mol. The Morgan fingerprint density at radius 3 is 2.45 bits per heavy atom. The molecule has 0 radical (unpaired) electrons. The molecule has 11 heteroatoms. The van der Waals surface area contributed by atoms with Crippen LogP contribution in [0.5, 0.6) is 0 Å². The van der Waals surface area contributed by atoms with Gasteiger partial charge in [-0.05, 0) is 43.7 Å². The fraction of sp³-hybridized carbons (Fsp3) is 0.444. The number of aromatic nitrogens is 2. The van der Waals surface area contributed by atoms with Crippen molar-refractivity contribution < 1.29 is 14.4 Å². The van der Waals surface area contributed by atoms with Crippen LogP contribution in [0.2, 0.25) is 5.02 Å². The SMILES string of the molecule is NCCCOCCOCCCNc1nc(Nc2ccc(Cl)cc2)ncc1[N+](=O)[O-]. The van der Waals surface area contributed by atoms with Crippen molar-refractivity contribution >= 4 is 34.7 Å². The van der Waals surface area contributed by atoms with Gasteiger partial charge in [0.15, 0.2) is 0 Å². The van der Waals surface area contributed by atoms with Crippen molar-refractivity contribution in [1.29, 1.82) is 0 Å². The molecule has 1 heterocycles. The van der Waals surface area contributed by atoms with Crippen molar-refractivity contribution in [2.75, 3.05) is 50.2 Å². The molecule has 0 fully saturated rings. The third kappa shape index (κ3) is 8.57. The minimum Gasteiger partial charge on any atom is -0.379 e. The normalized spacial score (nSPS) is 10.7. The fourth-order valence-electron chi connectivity index (χ4n) is 2.25. The highest BCUT2D eigenvalue weighted by atomic mass is 35.5.